The van der Waals surface area contributed by atoms with Gasteiger partial charge in [-0.1, -0.05) is 25.5 Å². The van der Waals surface area contributed by atoms with Gasteiger partial charge in [-0.05, 0) is 32.6 Å². The molecular weight excluding hydrogens is 188 g/mol. The molecule has 0 spiro atoms. The molecule has 0 heterocycles. The first kappa shape index (κ1) is 14.3. The van der Waals surface area contributed by atoms with Gasteiger partial charge in [0.15, 0.2) is 0 Å². The smallest absolute Gasteiger partial charge is 0.133 e. The van der Waals surface area contributed by atoms with Crippen LogP contribution >= 0.6 is 0 Å². The van der Waals surface area contributed by atoms with Crippen molar-refractivity contribution >= 4 is 5.78 Å². The van der Waals surface area contributed by atoms with Crippen molar-refractivity contribution in [3.8, 4) is 0 Å². The fraction of sp³-hybridized carbons (Fsp3) is 0.750. The molecule has 0 fully saturated rings. The molecular formula is C12H24N2O. The number of unbranched alkanes of at least 4 members (excludes halogenated alkanes) is 1. The summed E-state index contributed by atoms with van der Waals surface area (Å²) in [4.78, 5) is 10.8. The average Bonchev–Trinajstić information content (AvgIpc) is 2.17. The summed E-state index contributed by atoms with van der Waals surface area (Å²) in [5.41, 5.74) is 3.85. The van der Waals surface area contributed by atoms with Gasteiger partial charge in [0.1, 0.15) is 5.78 Å². The zero-order chi connectivity index (χ0) is 11.7. The summed E-state index contributed by atoms with van der Waals surface area (Å²) >= 11 is 0. The highest BCUT2D eigenvalue weighted by Crippen LogP contribution is 2.12. The first-order chi connectivity index (χ1) is 7.10. The van der Waals surface area contributed by atoms with Crippen molar-refractivity contribution in [1.29, 1.82) is 0 Å². The van der Waals surface area contributed by atoms with Gasteiger partial charge in [0, 0.05) is 12.5 Å². The number of allylic oxidation sites excluding steroid dienone is 1. The number of rotatable bonds is 9. The van der Waals surface area contributed by atoms with Crippen molar-refractivity contribution in [2.75, 3.05) is 0 Å². The van der Waals surface area contributed by atoms with E-state index in [0.717, 1.165) is 37.7 Å². The number of hydrogen-bond acceptors (Lipinski definition) is 3. The van der Waals surface area contributed by atoms with Gasteiger partial charge in [-0.2, -0.15) is 0 Å². The van der Waals surface area contributed by atoms with E-state index < -0.39 is 0 Å². The SMILES string of the molecule is C=C(CCCCC(CC)NN)CC(C)=O. The zero-order valence-electron chi connectivity index (χ0n) is 10.0. The van der Waals surface area contributed by atoms with Crippen LogP contribution in [0.15, 0.2) is 12.2 Å². The molecule has 0 aliphatic rings. The van der Waals surface area contributed by atoms with Gasteiger partial charge in [-0.15, -0.1) is 0 Å². The molecule has 0 bridgehead atoms. The number of carbonyl (C=O) groups excluding carboxylic acids is 1. The van der Waals surface area contributed by atoms with E-state index in [2.05, 4.69) is 18.9 Å². The van der Waals surface area contributed by atoms with E-state index >= 15 is 0 Å². The predicted molar refractivity (Wildman–Crippen MR) is 64.3 cm³/mol. The molecule has 0 aromatic carbocycles. The number of Topliss-reactive ketones (excluding diaryl/α,β-unsaturated/α-hetero) is 1. The molecule has 0 aromatic heterocycles. The Morgan fingerprint density at radius 1 is 1.47 bits per heavy atom. The Balaban J connectivity index is 3.45. The minimum absolute atomic E-state index is 0.204. The van der Waals surface area contributed by atoms with Gasteiger partial charge in [-0.3, -0.25) is 16.1 Å². The standard InChI is InChI=1S/C12H24N2O/c1-4-12(14-13)8-6-5-7-10(2)9-11(3)15/h12,14H,2,4-9,13H2,1,3H3. The molecule has 0 amide bonds. The quantitative estimate of drug-likeness (QED) is 0.267. The summed E-state index contributed by atoms with van der Waals surface area (Å²) in [6.07, 6.45) is 5.89. The molecule has 0 aliphatic carbocycles. The molecule has 0 radical (unpaired) electrons. The summed E-state index contributed by atoms with van der Waals surface area (Å²) < 4.78 is 0. The maximum absolute atomic E-state index is 10.8. The number of carbonyl (C=O) groups is 1. The normalized spacial score (nSPS) is 12.5. The van der Waals surface area contributed by atoms with Crippen LogP contribution < -0.4 is 11.3 Å². The van der Waals surface area contributed by atoms with Crippen LogP contribution in [0.4, 0.5) is 0 Å². The second-order valence-corrected chi connectivity index (χ2v) is 4.15. The van der Waals surface area contributed by atoms with Crippen molar-refractivity contribution in [2.45, 2.75) is 58.4 Å². The Labute approximate surface area is 93.1 Å². The van der Waals surface area contributed by atoms with Crippen LogP contribution in [0.1, 0.15) is 52.4 Å². The molecule has 1 atom stereocenters. The molecule has 0 saturated heterocycles. The van der Waals surface area contributed by atoms with Crippen molar-refractivity contribution in [2.24, 2.45) is 5.84 Å². The number of hydrazine groups is 1. The molecule has 88 valence electrons. The lowest BCUT2D eigenvalue weighted by Crippen LogP contribution is -2.34. The Morgan fingerprint density at radius 2 is 2.13 bits per heavy atom. The molecule has 3 N–H and O–H groups in total. The third kappa shape index (κ3) is 8.33. The van der Waals surface area contributed by atoms with Crippen molar-refractivity contribution in [3.05, 3.63) is 12.2 Å². The van der Waals surface area contributed by atoms with Crippen LogP contribution in [0.2, 0.25) is 0 Å². The summed E-state index contributed by atoms with van der Waals surface area (Å²) in [6.45, 7) is 7.62. The number of nitrogens with two attached hydrogens (primary N) is 1. The molecule has 3 nitrogen and oxygen atoms in total. The third-order valence-corrected chi connectivity index (χ3v) is 2.56. The van der Waals surface area contributed by atoms with Crippen LogP contribution in [0.5, 0.6) is 0 Å². The molecule has 15 heavy (non-hydrogen) atoms. The van der Waals surface area contributed by atoms with Crippen molar-refractivity contribution in [3.63, 3.8) is 0 Å². The van der Waals surface area contributed by atoms with E-state index in [0.29, 0.717) is 12.5 Å². The number of ketones is 1. The Morgan fingerprint density at radius 3 is 2.60 bits per heavy atom. The van der Waals surface area contributed by atoms with Gasteiger partial charge in [0.05, 0.1) is 0 Å². The van der Waals surface area contributed by atoms with Crippen molar-refractivity contribution in [1.82, 2.24) is 5.43 Å². The van der Waals surface area contributed by atoms with Crippen molar-refractivity contribution < 1.29 is 4.79 Å². The lowest BCUT2D eigenvalue weighted by atomic mass is 10.0. The minimum Gasteiger partial charge on any atom is -0.300 e. The van der Waals surface area contributed by atoms with Gasteiger partial charge >= 0.3 is 0 Å². The van der Waals surface area contributed by atoms with Crippen LogP contribution in [0.3, 0.4) is 0 Å². The number of nitrogens with one attached hydrogen (secondary N) is 1. The van der Waals surface area contributed by atoms with E-state index in [1.807, 2.05) is 0 Å². The predicted octanol–water partition coefficient (Wildman–Crippen LogP) is 2.32. The maximum Gasteiger partial charge on any atom is 0.133 e. The monoisotopic (exact) mass is 212 g/mol. The number of hydrogen-bond donors (Lipinski definition) is 2. The molecule has 0 aliphatic heterocycles. The lowest BCUT2D eigenvalue weighted by molar-refractivity contribution is -0.116. The highest BCUT2D eigenvalue weighted by atomic mass is 16.1. The molecule has 1 unspecified atom stereocenters. The minimum atomic E-state index is 0.204. The molecule has 0 aromatic rings. The van der Waals surface area contributed by atoms with E-state index in [-0.39, 0.29) is 5.78 Å². The lowest BCUT2D eigenvalue weighted by Gasteiger charge is -2.12. The van der Waals surface area contributed by atoms with Gasteiger partial charge < -0.3 is 0 Å². The Kier molecular flexibility index (Phi) is 8.24. The summed E-state index contributed by atoms with van der Waals surface area (Å²) in [5, 5.41) is 0. The fourth-order valence-corrected chi connectivity index (χ4v) is 1.61. The van der Waals surface area contributed by atoms with Gasteiger partial charge in [0.25, 0.3) is 0 Å². The first-order valence-electron chi connectivity index (χ1n) is 5.72. The Hall–Kier alpha value is -0.670. The van der Waals surface area contributed by atoms with Crippen LogP contribution in [-0.2, 0) is 4.79 Å². The van der Waals surface area contributed by atoms with E-state index in [1.165, 1.54) is 0 Å². The Bertz CT molecular complexity index is 198. The topological polar surface area (TPSA) is 55.1 Å². The third-order valence-electron chi connectivity index (χ3n) is 2.56. The largest absolute Gasteiger partial charge is 0.300 e. The van der Waals surface area contributed by atoms with Crippen LogP contribution in [0.25, 0.3) is 0 Å². The van der Waals surface area contributed by atoms with E-state index in [9.17, 15) is 4.79 Å². The van der Waals surface area contributed by atoms with Crippen LogP contribution in [0, 0.1) is 0 Å². The highest BCUT2D eigenvalue weighted by molar-refractivity contribution is 5.77. The summed E-state index contributed by atoms with van der Waals surface area (Å²) in [6, 6.07) is 0.422. The zero-order valence-corrected chi connectivity index (χ0v) is 10.0. The second-order valence-electron chi connectivity index (χ2n) is 4.15. The summed E-state index contributed by atoms with van der Waals surface area (Å²) in [7, 11) is 0. The highest BCUT2D eigenvalue weighted by Gasteiger charge is 2.03. The van der Waals surface area contributed by atoms with Gasteiger partial charge in [0.2, 0.25) is 0 Å². The second kappa shape index (κ2) is 8.62. The maximum atomic E-state index is 10.8. The van der Waals surface area contributed by atoms with Crippen LogP contribution in [-0.4, -0.2) is 11.8 Å². The van der Waals surface area contributed by atoms with E-state index in [4.69, 9.17) is 5.84 Å². The molecule has 0 rings (SSSR count). The molecule has 0 saturated carbocycles. The summed E-state index contributed by atoms with van der Waals surface area (Å²) in [5.74, 6) is 5.58. The molecule has 3 heteroatoms. The first-order valence-corrected chi connectivity index (χ1v) is 5.72. The van der Waals surface area contributed by atoms with E-state index in [1.54, 1.807) is 6.92 Å². The average molecular weight is 212 g/mol. The fourth-order valence-electron chi connectivity index (χ4n) is 1.61. The van der Waals surface area contributed by atoms with Gasteiger partial charge in [-0.25, -0.2) is 0 Å².